The van der Waals surface area contributed by atoms with Crippen LogP contribution < -0.4 is 0 Å². The van der Waals surface area contributed by atoms with E-state index < -0.39 is 0 Å². The summed E-state index contributed by atoms with van der Waals surface area (Å²) in [6, 6.07) is 5.56. The summed E-state index contributed by atoms with van der Waals surface area (Å²) >= 11 is 0. The molecule has 0 saturated carbocycles. The number of hydrogen-bond donors (Lipinski definition) is 2. The first-order valence-electron chi connectivity index (χ1n) is 4.74. The maximum Gasteiger partial charge on any atom is 0.115 e. The summed E-state index contributed by atoms with van der Waals surface area (Å²) in [7, 11) is 0. The molecule has 1 aliphatic rings. The van der Waals surface area contributed by atoms with E-state index in [1.807, 2.05) is 12.1 Å². The lowest BCUT2D eigenvalue weighted by Gasteiger charge is -2.09. The fourth-order valence-corrected chi connectivity index (χ4v) is 2.13. The standard InChI is InChI=1S/C11H14O2/c12-6-5-9-2-1-8-3-4-10(13)7-11(8)9/h3-4,7,9,12-13H,1-2,5-6H2. The number of hydrogen-bond acceptors (Lipinski definition) is 2. The van der Waals surface area contributed by atoms with Crippen LogP contribution in [0.1, 0.15) is 29.9 Å². The Balaban J connectivity index is 2.29. The lowest BCUT2D eigenvalue weighted by Crippen LogP contribution is -1.96. The van der Waals surface area contributed by atoms with Crippen LogP contribution in [0.3, 0.4) is 0 Å². The van der Waals surface area contributed by atoms with Crippen molar-refractivity contribution in [3.8, 4) is 5.75 Å². The van der Waals surface area contributed by atoms with Gasteiger partial charge < -0.3 is 10.2 Å². The summed E-state index contributed by atoms with van der Waals surface area (Å²) in [5.41, 5.74) is 2.56. The van der Waals surface area contributed by atoms with Crippen LogP contribution in [0.25, 0.3) is 0 Å². The molecule has 2 rings (SSSR count). The molecule has 1 aromatic rings. The van der Waals surface area contributed by atoms with E-state index in [4.69, 9.17) is 5.11 Å². The molecule has 0 heterocycles. The molecule has 1 aromatic carbocycles. The van der Waals surface area contributed by atoms with Gasteiger partial charge in [0.2, 0.25) is 0 Å². The Morgan fingerprint density at radius 3 is 3.00 bits per heavy atom. The van der Waals surface area contributed by atoms with Gasteiger partial charge in [-0.05, 0) is 48.4 Å². The minimum Gasteiger partial charge on any atom is -0.508 e. The number of aromatic hydroxyl groups is 1. The Morgan fingerprint density at radius 2 is 2.23 bits per heavy atom. The van der Waals surface area contributed by atoms with Gasteiger partial charge in [0.05, 0.1) is 0 Å². The molecule has 0 fully saturated rings. The summed E-state index contributed by atoms with van der Waals surface area (Å²) < 4.78 is 0. The number of aliphatic hydroxyl groups excluding tert-OH is 1. The second-order valence-corrected chi connectivity index (χ2v) is 3.63. The van der Waals surface area contributed by atoms with E-state index in [1.165, 1.54) is 11.1 Å². The van der Waals surface area contributed by atoms with Crippen molar-refractivity contribution in [2.24, 2.45) is 0 Å². The average molecular weight is 178 g/mol. The first kappa shape index (κ1) is 8.57. The summed E-state index contributed by atoms with van der Waals surface area (Å²) in [6.45, 7) is 0.236. The summed E-state index contributed by atoms with van der Waals surface area (Å²) in [5.74, 6) is 0.788. The van der Waals surface area contributed by atoms with Gasteiger partial charge in [-0.15, -0.1) is 0 Å². The van der Waals surface area contributed by atoms with Crippen molar-refractivity contribution in [2.45, 2.75) is 25.2 Å². The fraction of sp³-hybridized carbons (Fsp3) is 0.455. The second-order valence-electron chi connectivity index (χ2n) is 3.63. The third-order valence-electron chi connectivity index (χ3n) is 2.81. The van der Waals surface area contributed by atoms with Gasteiger partial charge >= 0.3 is 0 Å². The predicted octanol–water partition coefficient (Wildman–Crippen LogP) is 1.80. The van der Waals surface area contributed by atoms with Gasteiger partial charge in [0, 0.05) is 6.61 Å². The van der Waals surface area contributed by atoms with E-state index in [9.17, 15) is 5.11 Å². The topological polar surface area (TPSA) is 40.5 Å². The molecule has 70 valence electrons. The number of fused-ring (bicyclic) bond motifs is 1. The highest BCUT2D eigenvalue weighted by Gasteiger charge is 2.21. The molecule has 2 nitrogen and oxygen atoms in total. The third kappa shape index (κ3) is 1.54. The average Bonchev–Trinajstić information content (AvgIpc) is 2.49. The highest BCUT2D eigenvalue weighted by molar-refractivity contribution is 5.40. The second kappa shape index (κ2) is 3.38. The number of benzene rings is 1. The largest absolute Gasteiger partial charge is 0.508 e. The SMILES string of the molecule is OCCC1CCc2ccc(O)cc21. The highest BCUT2D eigenvalue weighted by Crippen LogP contribution is 2.36. The molecular weight excluding hydrogens is 164 g/mol. The summed E-state index contributed by atoms with van der Waals surface area (Å²) in [5, 5.41) is 18.2. The van der Waals surface area contributed by atoms with Crippen molar-refractivity contribution in [1.82, 2.24) is 0 Å². The van der Waals surface area contributed by atoms with Gasteiger partial charge in [-0.1, -0.05) is 6.07 Å². The minimum atomic E-state index is 0.236. The monoisotopic (exact) mass is 178 g/mol. The Labute approximate surface area is 77.8 Å². The third-order valence-corrected chi connectivity index (χ3v) is 2.81. The summed E-state index contributed by atoms with van der Waals surface area (Å²) in [6.07, 6.45) is 3.01. The molecule has 0 aliphatic heterocycles. The minimum absolute atomic E-state index is 0.236. The van der Waals surface area contributed by atoms with Gasteiger partial charge in [-0.2, -0.15) is 0 Å². The van der Waals surface area contributed by atoms with E-state index >= 15 is 0 Å². The van der Waals surface area contributed by atoms with Crippen LogP contribution in [-0.4, -0.2) is 16.8 Å². The van der Waals surface area contributed by atoms with E-state index in [0.29, 0.717) is 11.7 Å². The molecule has 0 saturated heterocycles. The molecule has 0 aromatic heterocycles. The van der Waals surface area contributed by atoms with Gasteiger partial charge in [0.25, 0.3) is 0 Å². The molecule has 2 N–H and O–H groups in total. The van der Waals surface area contributed by atoms with Crippen LogP contribution in [0.2, 0.25) is 0 Å². The Hall–Kier alpha value is -1.02. The molecule has 1 aliphatic carbocycles. The first-order chi connectivity index (χ1) is 6.31. The Bertz CT molecular complexity index is 305. The quantitative estimate of drug-likeness (QED) is 0.725. The smallest absolute Gasteiger partial charge is 0.115 e. The summed E-state index contributed by atoms with van der Waals surface area (Å²) in [4.78, 5) is 0. The van der Waals surface area contributed by atoms with Gasteiger partial charge in [-0.3, -0.25) is 0 Å². The van der Waals surface area contributed by atoms with Crippen LogP contribution in [0.15, 0.2) is 18.2 Å². The van der Waals surface area contributed by atoms with E-state index in [-0.39, 0.29) is 6.61 Å². The molecule has 1 atom stereocenters. The number of phenols is 1. The number of rotatable bonds is 2. The van der Waals surface area contributed by atoms with Crippen LogP contribution in [0.5, 0.6) is 5.75 Å². The van der Waals surface area contributed by atoms with Crippen LogP contribution >= 0.6 is 0 Å². The molecule has 0 spiro atoms. The lowest BCUT2D eigenvalue weighted by atomic mass is 9.98. The zero-order valence-corrected chi connectivity index (χ0v) is 7.53. The van der Waals surface area contributed by atoms with Crippen molar-refractivity contribution in [3.05, 3.63) is 29.3 Å². The molecular formula is C11H14O2. The van der Waals surface area contributed by atoms with Gasteiger partial charge in [-0.25, -0.2) is 0 Å². The van der Waals surface area contributed by atoms with Gasteiger partial charge in [0.1, 0.15) is 5.75 Å². The maximum absolute atomic E-state index is 9.32. The zero-order chi connectivity index (χ0) is 9.26. The molecule has 2 heteroatoms. The lowest BCUT2D eigenvalue weighted by molar-refractivity contribution is 0.275. The normalized spacial score (nSPS) is 20.2. The number of aryl methyl sites for hydroxylation is 1. The molecule has 13 heavy (non-hydrogen) atoms. The highest BCUT2D eigenvalue weighted by atomic mass is 16.3. The van der Waals surface area contributed by atoms with Crippen LogP contribution in [0.4, 0.5) is 0 Å². The molecule has 1 unspecified atom stereocenters. The molecule has 0 radical (unpaired) electrons. The zero-order valence-electron chi connectivity index (χ0n) is 7.53. The van der Waals surface area contributed by atoms with Crippen molar-refractivity contribution >= 4 is 0 Å². The predicted molar refractivity (Wildman–Crippen MR) is 50.9 cm³/mol. The number of phenolic OH excluding ortho intramolecular Hbond substituents is 1. The molecule has 0 amide bonds. The Morgan fingerprint density at radius 1 is 1.38 bits per heavy atom. The van der Waals surface area contributed by atoms with Crippen molar-refractivity contribution in [3.63, 3.8) is 0 Å². The first-order valence-corrected chi connectivity index (χ1v) is 4.74. The van der Waals surface area contributed by atoms with E-state index in [2.05, 4.69) is 0 Å². The Kier molecular flexibility index (Phi) is 2.23. The van der Waals surface area contributed by atoms with Crippen molar-refractivity contribution in [1.29, 1.82) is 0 Å². The fourth-order valence-electron chi connectivity index (χ4n) is 2.13. The van der Waals surface area contributed by atoms with Gasteiger partial charge in [0.15, 0.2) is 0 Å². The van der Waals surface area contributed by atoms with Crippen LogP contribution in [0, 0.1) is 0 Å². The van der Waals surface area contributed by atoms with E-state index in [0.717, 1.165) is 19.3 Å². The van der Waals surface area contributed by atoms with Crippen molar-refractivity contribution in [2.75, 3.05) is 6.61 Å². The number of aliphatic hydroxyl groups is 1. The maximum atomic E-state index is 9.32. The van der Waals surface area contributed by atoms with Crippen molar-refractivity contribution < 1.29 is 10.2 Å². The van der Waals surface area contributed by atoms with E-state index in [1.54, 1.807) is 6.07 Å². The molecule has 0 bridgehead atoms. The van der Waals surface area contributed by atoms with Crippen LogP contribution in [-0.2, 0) is 6.42 Å².